The monoisotopic (exact) mass is 278 g/mol. The van der Waals surface area contributed by atoms with Crippen molar-refractivity contribution in [2.45, 2.75) is 19.9 Å². The SMILES string of the molecule is Cc1occc1CN(C)c1cc(Cl)ccc1CCN. The Hall–Kier alpha value is -1.45. The Morgan fingerprint density at radius 2 is 2.05 bits per heavy atom. The molecule has 2 aromatic rings. The number of furan rings is 1. The molecule has 0 spiro atoms. The fourth-order valence-electron chi connectivity index (χ4n) is 2.18. The van der Waals surface area contributed by atoms with Crippen LogP contribution >= 0.6 is 11.6 Å². The molecule has 0 aliphatic rings. The highest BCUT2D eigenvalue weighted by atomic mass is 35.5. The van der Waals surface area contributed by atoms with Gasteiger partial charge < -0.3 is 15.1 Å². The molecule has 0 unspecified atom stereocenters. The van der Waals surface area contributed by atoms with Crippen LogP contribution in [0.25, 0.3) is 0 Å². The van der Waals surface area contributed by atoms with Crippen LogP contribution in [0.15, 0.2) is 34.9 Å². The third-order valence-electron chi connectivity index (χ3n) is 3.25. The summed E-state index contributed by atoms with van der Waals surface area (Å²) in [6.07, 6.45) is 2.57. The molecule has 0 atom stereocenters. The van der Waals surface area contributed by atoms with Gasteiger partial charge in [0.2, 0.25) is 0 Å². The first kappa shape index (κ1) is 14.0. The molecule has 1 aromatic heterocycles. The molecule has 102 valence electrons. The Kier molecular flexibility index (Phi) is 4.51. The number of benzene rings is 1. The first-order chi connectivity index (χ1) is 9.11. The number of rotatable bonds is 5. The van der Waals surface area contributed by atoms with Crippen LogP contribution in [0.3, 0.4) is 0 Å². The van der Waals surface area contributed by atoms with Crippen LogP contribution in [-0.4, -0.2) is 13.6 Å². The molecule has 0 fully saturated rings. The Morgan fingerprint density at radius 1 is 1.26 bits per heavy atom. The van der Waals surface area contributed by atoms with E-state index in [2.05, 4.69) is 11.9 Å². The summed E-state index contributed by atoms with van der Waals surface area (Å²) >= 11 is 6.10. The van der Waals surface area contributed by atoms with Gasteiger partial charge in [-0.3, -0.25) is 0 Å². The molecular formula is C15H19ClN2O. The van der Waals surface area contributed by atoms with Crippen molar-refractivity contribution >= 4 is 17.3 Å². The summed E-state index contributed by atoms with van der Waals surface area (Å²) in [4.78, 5) is 2.18. The molecule has 0 saturated heterocycles. The topological polar surface area (TPSA) is 42.4 Å². The van der Waals surface area contributed by atoms with E-state index < -0.39 is 0 Å². The van der Waals surface area contributed by atoms with E-state index in [4.69, 9.17) is 21.8 Å². The second-order valence-corrected chi connectivity index (χ2v) is 5.11. The highest BCUT2D eigenvalue weighted by Crippen LogP contribution is 2.26. The van der Waals surface area contributed by atoms with E-state index >= 15 is 0 Å². The van der Waals surface area contributed by atoms with Crippen molar-refractivity contribution in [1.82, 2.24) is 0 Å². The maximum absolute atomic E-state index is 6.10. The lowest BCUT2D eigenvalue weighted by molar-refractivity contribution is 0.529. The lowest BCUT2D eigenvalue weighted by atomic mass is 10.1. The second kappa shape index (κ2) is 6.13. The van der Waals surface area contributed by atoms with Gasteiger partial charge in [0, 0.05) is 29.9 Å². The Labute approximate surface area is 119 Å². The summed E-state index contributed by atoms with van der Waals surface area (Å²) < 4.78 is 5.33. The summed E-state index contributed by atoms with van der Waals surface area (Å²) in [6.45, 7) is 3.40. The third kappa shape index (κ3) is 3.31. The molecule has 0 aliphatic heterocycles. The van der Waals surface area contributed by atoms with Crippen LogP contribution in [0.2, 0.25) is 5.02 Å². The zero-order valence-corrected chi connectivity index (χ0v) is 12.1. The van der Waals surface area contributed by atoms with Crippen LogP contribution in [0.5, 0.6) is 0 Å². The number of anilines is 1. The normalized spacial score (nSPS) is 10.7. The van der Waals surface area contributed by atoms with Crippen LogP contribution in [0.4, 0.5) is 5.69 Å². The summed E-state index contributed by atoms with van der Waals surface area (Å²) in [5, 5.41) is 0.742. The van der Waals surface area contributed by atoms with Crippen LogP contribution in [0.1, 0.15) is 16.9 Å². The number of hydrogen-bond donors (Lipinski definition) is 1. The molecule has 0 bridgehead atoms. The molecule has 0 saturated carbocycles. The van der Waals surface area contributed by atoms with E-state index in [-0.39, 0.29) is 0 Å². The number of hydrogen-bond acceptors (Lipinski definition) is 3. The smallest absolute Gasteiger partial charge is 0.105 e. The summed E-state index contributed by atoms with van der Waals surface area (Å²) in [5.41, 5.74) is 9.18. The number of aryl methyl sites for hydroxylation is 1. The average molecular weight is 279 g/mol. The highest BCUT2D eigenvalue weighted by Gasteiger charge is 2.10. The molecule has 2 rings (SSSR count). The first-order valence-electron chi connectivity index (χ1n) is 6.34. The van der Waals surface area contributed by atoms with Crippen molar-refractivity contribution in [3.05, 3.63) is 52.4 Å². The van der Waals surface area contributed by atoms with Crippen LogP contribution < -0.4 is 10.6 Å². The van der Waals surface area contributed by atoms with E-state index in [9.17, 15) is 0 Å². The number of nitrogens with two attached hydrogens (primary N) is 1. The fourth-order valence-corrected chi connectivity index (χ4v) is 2.34. The molecule has 4 heteroatoms. The zero-order valence-electron chi connectivity index (χ0n) is 11.3. The predicted molar refractivity (Wildman–Crippen MR) is 79.8 cm³/mol. The maximum atomic E-state index is 6.10. The second-order valence-electron chi connectivity index (χ2n) is 4.67. The van der Waals surface area contributed by atoms with Gasteiger partial charge in [-0.2, -0.15) is 0 Å². The highest BCUT2D eigenvalue weighted by molar-refractivity contribution is 6.30. The molecule has 0 radical (unpaired) electrons. The Morgan fingerprint density at radius 3 is 2.68 bits per heavy atom. The Bertz CT molecular complexity index is 551. The van der Waals surface area contributed by atoms with Crippen LogP contribution in [-0.2, 0) is 13.0 Å². The third-order valence-corrected chi connectivity index (χ3v) is 3.48. The molecule has 19 heavy (non-hydrogen) atoms. The molecule has 0 aliphatic carbocycles. The summed E-state index contributed by atoms with van der Waals surface area (Å²) in [6, 6.07) is 7.94. The zero-order chi connectivity index (χ0) is 13.8. The van der Waals surface area contributed by atoms with Crippen molar-refractivity contribution in [1.29, 1.82) is 0 Å². The average Bonchev–Trinajstić information content (AvgIpc) is 2.77. The fraction of sp³-hybridized carbons (Fsp3) is 0.333. The lowest BCUT2D eigenvalue weighted by Gasteiger charge is -2.22. The van der Waals surface area contributed by atoms with E-state index in [1.54, 1.807) is 6.26 Å². The van der Waals surface area contributed by atoms with Crippen molar-refractivity contribution in [3.63, 3.8) is 0 Å². The van der Waals surface area contributed by atoms with Crippen molar-refractivity contribution in [3.8, 4) is 0 Å². The summed E-state index contributed by atoms with van der Waals surface area (Å²) in [7, 11) is 2.05. The van der Waals surface area contributed by atoms with Gasteiger partial charge in [-0.1, -0.05) is 17.7 Å². The minimum absolute atomic E-state index is 0.632. The molecule has 3 nitrogen and oxygen atoms in total. The minimum atomic E-state index is 0.632. The molecular weight excluding hydrogens is 260 g/mol. The minimum Gasteiger partial charge on any atom is -0.469 e. The van der Waals surface area contributed by atoms with Gasteiger partial charge in [0.25, 0.3) is 0 Å². The number of nitrogens with zero attached hydrogens (tertiary/aromatic N) is 1. The number of halogens is 1. The summed E-state index contributed by atoms with van der Waals surface area (Å²) in [5.74, 6) is 0.953. The van der Waals surface area contributed by atoms with Gasteiger partial charge in [-0.25, -0.2) is 0 Å². The Balaban J connectivity index is 2.24. The van der Waals surface area contributed by atoms with Crippen molar-refractivity contribution < 1.29 is 4.42 Å². The van der Waals surface area contributed by atoms with E-state index in [0.717, 1.165) is 29.4 Å². The van der Waals surface area contributed by atoms with Gasteiger partial charge >= 0.3 is 0 Å². The van der Waals surface area contributed by atoms with E-state index in [1.165, 1.54) is 11.1 Å². The first-order valence-corrected chi connectivity index (χ1v) is 6.72. The standard InChI is InChI=1S/C15H19ClN2O/c1-11-13(6-8-19-11)10-18(2)15-9-14(16)4-3-12(15)5-7-17/h3-4,6,8-9H,5,7,10,17H2,1-2H3. The van der Waals surface area contributed by atoms with Gasteiger partial charge in [0.05, 0.1) is 6.26 Å². The van der Waals surface area contributed by atoms with E-state index in [0.29, 0.717) is 6.54 Å². The quantitative estimate of drug-likeness (QED) is 0.912. The van der Waals surface area contributed by atoms with Gasteiger partial charge in [-0.05, 0) is 43.7 Å². The van der Waals surface area contributed by atoms with Gasteiger partial charge in [0.1, 0.15) is 5.76 Å². The maximum Gasteiger partial charge on any atom is 0.105 e. The molecule has 2 N–H and O–H groups in total. The largest absolute Gasteiger partial charge is 0.469 e. The van der Waals surface area contributed by atoms with Crippen molar-refractivity contribution in [2.24, 2.45) is 5.73 Å². The van der Waals surface area contributed by atoms with E-state index in [1.807, 2.05) is 31.2 Å². The van der Waals surface area contributed by atoms with Crippen molar-refractivity contribution in [2.75, 3.05) is 18.5 Å². The van der Waals surface area contributed by atoms with Crippen LogP contribution in [0, 0.1) is 6.92 Å². The van der Waals surface area contributed by atoms with Gasteiger partial charge in [0.15, 0.2) is 0 Å². The molecule has 1 aromatic carbocycles. The predicted octanol–water partition coefficient (Wildman–Crippen LogP) is 3.38. The molecule has 1 heterocycles. The van der Waals surface area contributed by atoms with Gasteiger partial charge in [-0.15, -0.1) is 0 Å². The lowest BCUT2D eigenvalue weighted by Crippen LogP contribution is -2.19. The molecule has 0 amide bonds.